The number of nitrogens with zero attached hydrogens (tertiary/aromatic N) is 2. The molecule has 2 aromatic rings. The first-order valence-electron chi connectivity index (χ1n) is 6.71. The van der Waals surface area contributed by atoms with Crippen molar-refractivity contribution < 1.29 is 14.3 Å². The van der Waals surface area contributed by atoms with Crippen LogP contribution >= 0.6 is 35.1 Å². The number of esters is 1. The zero-order valence-electron chi connectivity index (χ0n) is 12.9. The molecule has 0 bridgehead atoms. The second-order valence-corrected chi connectivity index (χ2v) is 6.47. The highest BCUT2D eigenvalue weighted by Crippen LogP contribution is 2.18. The van der Waals surface area contributed by atoms with Crippen LogP contribution in [-0.2, 0) is 9.53 Å². The van der Waals surface area contributed by atoms with Crippen LogP contribution in [-0.4, -0.2) is 41.0 Å². The number of anilines is 1. The van der Waals surface area contributed by atoms with Gasteiger partial charge in [-0.2, -0.15) is 0 Å². The highest BCUT2D eigenvalue weighted by atomic mass is 35.5. The van der Waals surface area contributed by atoms with Gasteiger partial charge >= 0.3 is 5.97 Å². The first-order chi connectivity index (χ1) is 11.5. The third kappa shape index (κ3) is 5.12. The zero-order chi connectivity index (χ0) is 17.5. The molecule has 1 N–H and O–H groups in total. The number of thioether (sulfide) groups is 2. The molecule has 0 saturated carbocycles. The van der Waals surface area contributed by atoms with E-state index in [1.54, 1.807) is 30.2 Å². The second kappa shape index (κ2) is 8.91. The fraction of sp³-hybridized carbons (Fsp3) is 0.200. The lowest BCUT2D eigenvalue weighted by molar-refractivity contribution is -0.119. The van der Waals surface area contributed by atoms with Gasteiger partial charge in [-0.05, 0) is 36.8 Å². The number of benzene rings is 1. The van der Waals surface area contributed by atoms with Crippen molar-refractivity contribution in [3.8, 4) is 0 Å². The number of hydrogen-bond donors (Lipinski definition) is 1. The molecule has 24 heavy (non-hydrogen) atoms. The van der Waals surface area contributed by atoms with E-state index >= 15 is 0 Å². The van der Waals surface area contributed by atoms with Crippen LogP contribution in [0, 0.1) is 0 Å². The Kier molecular flexibility index (Phi) is 6.89. The van der Waals surface area contributed by atoms with Gasteiger partial charge in [-0.1, -0.05) is 23.4 Å². The smallest absolute Gasteiger partial charge is 0.359 e. The average molecular weight is 384 g/mol. The van der Waals surface area contributed by atoms with Crippen molar-refractivity contribution in [1.29, 1.82) is 0 Å². The van der Waals surface area contributed by atoms with Crippen LogP contribution in [0.1, 0.15) is 10.5 Å². The summed E-state index contributed by atoms with van der Waals surface area (Å²) < 4.78 is 4.95. The summed E-state index contributed by atoms with van der Waals surface area (Å²) in [4.78, 5) is 32.8. The van der Waals surface area contributed by atoms with Crippen LogP contribution in [0.2, 0.25) is 5.02 Å². The number of hydrogen-bond acceptors (Lipinski definition) is 7. The number of amides is 1. The van der Waals surface area contributed by atoms with Gasteiger partial charge < -0.3 is 10.1 Å². The molecular weight excluding hydrogens is 370 g/mol. The quantitative estimate of drug-likeness (QED) is 0.465. The molecule has 0 aliphatic carbocycles. The Morgan fingerprint density at radius 2 is 1.92 bits per heavy atom. The van der Waals surface area contributed by atoms with Crippen molar-refractivity contribution in [1.82, 2.24) is 9.97 Å². The van der Waals surface area contributed by atoms with Crippen molar-refractivity contribution in [2.45, 2.75) is 10.1 Å². The van der Waals surface area contributed by atoms with E-state index in [0.717, 1.165) is 4.90 Å². The summed E-state index contributed by atoms with van der Waals surface area (Å²) in [5, 5.41) is 3.11. The van der Waals surface area contributed by atoms with Gasteiger partial charge in [0.15, 0.2) is 17.5 Å². The predicted molar refractivity (Wildman–Crippen MR) is 96.0 cm³/mol. The van der Waals surface area contributed by atoms with Gasteiger partial charge in [-0.3, -0.25) is 4.79 Å². The highest BCUT2D eigenvalue weighted by molar-refractivity contribution is 7.98. The lowest BCUT2D eigenvalue weighted by atomic mass is 10.3. The minimum absolute atomic E-state index is 0.0619. The van der Waals surface area contributed by atoms with E-state index in [1.807, 2.05) is 18.4 Å². The molecule has 1 heterocycles. The van der Waals surface area contributed by atoms with E-state index in [2.05, 4.69) is 15.3 Å². The molecule has 2 rings (SSSR count). The van der Waals surface area contributed by atoms with E-state index in [-0.39, 0.29) is 10.7 Å². The van der Waals surface area contributed by atoms with Gasteiger partial charge in [0.1, 0.15) is 0 Å². The maximum atomic E-state index is 12.0. The van der Waals surface area contributed by atoms with Crippen LogP contribution < -0.4 is 5.32 Å². The Morgan fingerprint density at radius 3 is 2.54 bits per heavy atom. The zero-order valence-corrected chi connectivity index (χ0v) is 15.3. The fourth-order valence-corrected chi connectivity index (χ4v) is 2.58. The van der Waals surface area contributed by atoms with Gasteiger partial charge in [0.05, 0.1) is 11.2 Å². The largest absolute Gasteiger partial charge is 0.451 e. The molecule has 0 fully saturated rings. The summed E-state index contributed by atoms with van der Waals surface area (Å²) in [5.74, 6) is -1.22. The summed E-state index contributed by atoms with van der Waals surface area (Å²) in [6.45, 7) is -0.432. The Bertz CT molecular complexity index is 741. The Morgan fingerprint density at radius 1 is 1.21 bits per heavy atom. The molecule has 0 radical (unpaired) electrons. The van der Waals surface area contributed by atoms with Crippen LogP contribution in [0.15, 0.2) is 40.5 Å². The standard InChI is InChI=1S/C15H14ClN3O3S2/c1-23-10-5-3-9(4-6-10)18-12(20)8-22-14(21)13-11(16)7-17-15(19-13)24-2/h3-7H,8H2,1-2H3,(H,18,20). The monoisotopic (exact) mass is 383 g/mol. The summed E-state index contributed by atoms with van der Waals surface area (Å²) in [6.07, 6.45) is 5.06. The molecule has 6 nitrogen and oxygen atoms in total. The van der Waals surface area contributed by atoms with E-state index in [4.69, 9.17) is 16.3 Å². The Hall–Kier alpha value is -1.77. The normalized spacial score (nSPS) is 10.3. The van der Waals surface area contributed by atoms with Crippen LogP contribution in [0.25, 0.3) is 0 Å². The number of carbonyl (C=O) groups excluding carboxylic acids is 2. The summed E-state index contributed by atoms with van der Waals surface area (Å²) >= 11 is 8.76. The minimum Gasteiger partial charge on any atom is -0.451 e. The number of ether oxygens (including phenoxy) is 1. The molecule has 1 aromatic carbocycles. The first-order valence-corrected chi connectivity index (χ1v) is 9.53. The van der Waals surface area contributed by atoms with Gasteiger partial charge in [0, 0.05) is 10.6 Å². The molecule has 0 aliphatic heterocycles. The maximum absolute atomic E-state index is 12.0. The van der Waals surface area contributed by atoms with E-state index in [9.17, 15) is 9.59 Å². The molecule has 0 aliphatic rings. The maximum Gasteiger partial charge on any atom is 0.359 e. The van der Waals surface area contributed by atoms with E-state index in [0.29, 0.717) is 10.8 Å². The molecule has 1 amide bonds. The molecule has 0 atom stereocenters. The first kappa shape index (κ1) is 18.6. The van der Waals surface area contributed by atoms with Gasteiger partial charge in [-0.15, -0.1) is 11.8 Å². The lowest BCUT2D eigenvalue weighted by Crippen LogP contribution is -2.21. The summed E-state index contributed by atoms with van der Waals surface area (Å²) in [7, 11) is 0. The van der Waals surface area contributed by atoms with Crippen molar-refractivity contribution in [3.63, 3.8) is 0 Å². The van der Waals surface area contributed by atoms with Crippen LogP contribution in [0.3, 0.4) is 0 Å². The lowest BCUT2D eigenvalue weighted by Gasteiger charge is -2.08. The highest BCUT2D eigenvalue weighted by Gasteiger charge is 2.17. The topological polar surface area (TPSA) is 81.2 Å². The third-order valence-corrected chi connectivity index (χ3v) is 4.39. The van der Waals surface area contributed by atoms with Gasteiger partial charge in [-0.25, -0.2) is 14.8 Å². The molecule has 0 spiro atoms. The molecular formula is C15H14ClN3O3S2. The molecule has 9 heteroatoms. The van der Waals surface area contributed by atoms with E-state index in [1.165, 1.54) is 18.0 Å². The minimum atomic E-state index is -0.773. The van der Waals surface area contributed by atoms with E-state index < -0.39 is 18.5 Å². The summed E-state index contributed by atoms with van der Waals surface area (Å²) in [6, 6.07) is 7.32. The average Bonchev–Trinajstić information content (AvgIpc) is 2.60. The van der Waals surface area contributed by atoms with Crippen molar-refractivity contribution >= 4 is 52.7 Å². The second-order valence-electron chi connectivity index (χ2n) is 4.41. The van der Waals surface area contributed by atoms with Crippen LogP contribution in [0.4, 0.5) is 5.69 Å². The van der Waals surface area contributed by atoms with Gasteiger partial charge in [0.2, 0.25) is 0 Å². The molecule has 126 valence electrons. The SMILES string of the molecule is CSc1ccc(NC(=O)COC(=O)c2nc(SC)ncc2Cl)cc1. The third-order valence-electron chi connectivity index (χ3n) is 2.81. The van der Waals surface area contributed by atoms with Crippen molar-refractivity contribution in [2.24, 2.45) is 0 Å². The molecule has 0 unspecified atom stereocenters. The Labute approximate surface area is 152 Å². The number of halogens is 1. The fourth-order valence-electron chi connectivity index (χ4n) is 1.66. The van der Waals surface area contributed by atoms with Crippen molar-refractivity contribution in [3.05, 3.63) is 41.2 Å². The number of rotatable bonds is 6. The Balaban J connectivity index is 1.92. The van der Waals surface area contributed by atoms with Crippen molar-refractivity contribution in [2.75, 3.05) is 24.4 Å². The predicted octanol–water partition coefficient (Wildman–Crippen LogP) is 3.37. The number of carbonyl (C=O) groups is 2. The molecule has 1 aromatic heterocycles. The number of aromatic nitrogens is 2. The molecule has 0 saturated heterocycles. The van der Waals surface area contributed by atoms with Gasteiger partial charge in [0.25, 0.3) is 5.91 Å². The summed E-state index contributed by atoms with van der Waals surface area (Å²) in [5.41, 5.74) is 0.562. The van der Waals surface area contributed by atoms with Crippen LogP contribution in [0.5, 0.6) is 0 Å². The number of nitrogens with one attached hydrogen (secondary N) is 1.